The number of fused-ring (bicyclic) bond motifs is 3. The first-order chi connectivity index (χ1) is 14.5. The number of benzene rings is 2. The fourth-order valence-corrected chi connectivity index (χ4v) is 4.44. The van der Waals surface area contributed by atoms with Gasteiger partial charge in [-0.3, -0.25) is 4.40 Å². The third-order valence-corrected chi connectivity index (χ3v) is 6.19. The zero-order valence-electron chi connectivity index (χ0n) is 17.1. The second-order valence-corrected chi connectivity index (χ2v) is 8.19. The quantitative estimate of drug-likeness (QED) is 0.486. The molecule has 5 nitrogen and oxygen atoms in total. The normalized spacial score (nSPS) is 20.7. The van der Waals surface area contributed by atoms with E-state index in [-0.39, 0.29) is 6.54 Å². The molecular formula is C25H25N3O2. The van der Waals surface area contributed by atoms with Crippen molar-refractivity contribution in [2.75, 3.05) is 11.9 Å². The number of rotatable bonds is 3. The van der Waals surface area contributed by atoms with Crippen molar-refractivity contribution < 1.29 is 10.2 Å². The molecule has 0 radical (unpaired) electrons. The van der Waals surface area contributed by atoms with Crippen molar-refractivity contribution in [2.45, 2.75) is 32.0 Å². The zero-order chi connectivity index (χ0) is 20.9. The molecule has 1 aliphatic rings. The molecule has 0 saturated carbocycles. The summed E-state index contributed by atoms with van der Waals surface area (Å²) in [6, 6.07) is 21.9. The van der Waals surface area contributed by atoms with Crippen LogP contribution in [0.3, 0.4) is 0 Å². The van der Waals surface area contributed by atoms with Crippen LogP contribution in [0.15, 0.2) is 66.7 Å². The highest BCUT2D eigenvalue weighted by Crippen LogP contribution is 2.42. The molecule has 2 aromatic heterocycles. The highest BCUT2D eigenvalue weighted by molar-refractivity contribution is 5.80. The predicted molar refractivity (Wildman–Crippen MR) is 119 cm³/mol. The van der Waals surface area contributed by atoms with Gasteiger partial charge in [0.05, 0.1) is 17.1 Å². The Kier molecular flexibility index (Phi) is 4.38. The van der Waals surface area contributed by atoms with Gasteiger partial charge in [-0.25, -0.2) is 4.98 Å². The van der Waals surface area contributed by atoms with E-state index in [0.29, 0.717) is 12.0 Å². The van der Waals surface area contributed by atoms with Crippen LogP contribution in [0.25, 0.3) is 16.9 Å². The maximum atomic E-state index is 11.4. The van der Waals surface area contributed by atoms with Crippen LogP contribution in [0.4, 0.5) is 5.69 Å². The van der Waals surface area contributed by atoms with Gasteiger partial charge in [0.25, 0.3) is 0 Å². The minimum absolute atomic E-state index is 0.251. The fourth-order valence-electron chi connectivity index (χ4n) is 4.44. The van der Waals surface area contributed by atoms with Crippen LogP contribution in [0, 0.1) is 13.8 Å². The Labute approximate surface area is 175 Å². The molecule has 3 N–H and O–H groups in total. The van der Waals surface area contributed by atoms with Gasteiger partial charge in [-0.05, 0) is 31.0 Å². The summed E-state index contributed by atoms with van der Waals surface area (Å²) in [6.07, 6.45) is -0.668. The number of imidazole rings is 1. The van der Waals surface area contributed by atoms with Crippen molar-refractivity contribution in [1.29, 1.82) is 0 Å². The molecule has 0 amide bonds. The number of pyridine rings is 1. The number of aryl methyl sites for hydroxylation is 2. The van der Waals surface area contributed by atoms with E-state index in [2.05, 4.69) is 28.8 Å². The molecule has 5 rings (SSSR count). The van der Waals surface area contributed by atoms with Crippen LogP contribution < -0.4 is 5.32 Å². The van der Waals surface area contributed by atoms with Crippen LogP contribution in [-0.4, -0.2) is 31.7 Å². The van der Waals surface area contributed by atoms with Gasteiger partial charge in [0.15, 0.2) is 5.65 Å². The van der Waals surface area contributed by atoms with Crippen molar-refractivity contribution >= 4 is 11.3 Å². The maximum Gasteiger partial charge on any atom is 0.161 e. The summed E-state index contributed by atoms with van der Waals surface area (Å²) in [4.78, 5) is 4.79. The van der Waals surface area contributed by atoms with Gasteiger partial charge in [0.2, 0.25) is 0 Å². The summed E-state index contributed by atoms with van der Waals surface area (Å²) in [5.74, 6) is 0. The molecule has 0 fully saturated rings. The summed E-state index contributed by atoms with van der Waals surface area (Å²) in [5, 5.41) is 26.1. The van der Waals surface area contributed by atoms with E-state index in [9.17, 15) is 10.2 Å². The molecule has 1 aliphatic heterocycles. The molecule has 0 saturated heterocycles. The highest BCUT2D eigenvalue weighted by atomic mass is 16.3. The molecule has 5 heteroatoms. The smallest absolute Gasteiger partial charge is 0.161 e. The molecule has 0 unspecified atom stereocenters. The first-order valence-corrected chi connectivity index (χ1v) is 10.2. The van der Waals surface area contributed by atoms with Gasteiger partial charge in [-0.15, -0.1) is 0 Å². The summed E-state index contributed by atoms with van der Waals surface area (Å²) < 4.78 is 2.13. The summed E-state index contributed by atoms with van der Waals surface area (Å²) in [6.45, 7) is 4.30. The maximum absolute atomic E-state index is 11.4. The average molecular weight is 399 g/mol. The van der Waals surface area contributed by atoms with Crippen LogP contribution in [0.1, 0.15) is 28.6 Å². The number of aliphatic hydroxyl groups excluding tert-OH is 1. The first-order valence-electron chi connectivity index (χ1n) is 10.2. The Morgan fingerprint density at radius 3 is 2.43 bits per heavy atom. The lowest BCUT2D eigenvalue weighted by atomic mass is 9.82. The summed E-state index contributed by atoms with van der Waals surface area (Å²) in [5.41, 5.74) is 5.92. The Morgan fingerprint density at radius 1 is 1.07 bits per heavy atom. The van der Waals surface area contributed by atoms with Gasteiger partial charge < -0.3 is 15.5 Å². The number of nitrogens with one attached hydrogen (secondary N) is 1. The molecule has 0 aliphatic carbocycles. The number of anilines is 1. The average Bonchev–Trinajstić information content (AvgIpc) is 3.06. The number of nitrogens with zero attached hydrogens (tertiary/aromatic N) is 2. The zero-order valence-corrected chi connectivity index (χ0v) is 17.1. The molecule has 152 valence electrons. The minimum atomic E-state index is -1.31. The first kappa shape index (κ1) is 18.9. The minimum Gasteiger partial charge on any atom is -0.385 e. The second-order valence-electron chi connectivity index (χ2n) is 8.19. The van der Waals surface area contributed by atoms with E-state index >= 15 is 0 Å². The lowest BCUT2D eigenvalue weighted by Crippen LogP contribution is -2.48. The monoisotopic (exact) mass is 399 g/mol. The largest absolute Gasteiger partial charge is 0.385 e. The molecule has 3 heterocycles. The third kappa shape index (κ3) is 2.90. The number of aliphatic hydroxyl groups is 2. The third-order valence-electron chi connectivity index (χ3n) is 6.19. The van der Waals surface area contributed by atoms with Crippen molar-refractivity contribution in [2.24, 2.45) is 0 Å². The topological polar surface area (TPSA) is 69.8 Å². The van der Waals surface area contributed by atoms with Gasteiger partial charge in [-0.2, -0.15) is 0 Å². The van der Waals surface area contributed by atoms with Crippen molar-refractivity contribution in [3.63, 3.8) is 0 Å². The molecule has 0 spiro atoms. The Morgan fingerprint density at radius 2 is 1.73 bits per heavy atom. The van der Waals surface area contributed by atoms with E-state index in [0.717, 1.165) is 39.5 Å². The summed E-state index contributed by atoms with van der Waals surface area (Å²) in [7, 11) is 0. The van der Waals surface area contributed by atoms with E-state index in [1.165, 1.54) is 0 Å². The van der Waals surface area contributed by atoms with Gasteiger partial charge in [0.1, 0.15) is 11.7 Å². The molecule has 30 heavy (non-hydrogen) atoms. The predicted octanol–water partition coefficient (Wildman–Crippen LogP) is 4.05. The molecule has 2 aromatic carbocycles. The van der Waals surface area contributed by atoms with E-state index in [1.807, 2.05) is 61.5 Å². The van der Waals surface area contributed by atoms with E-state index < -0.39 is 11.7 Å². The van der Waals surface area contributed by atoms with Gasteiger partial charge in [0, 0.05) is 24.2 Å². The van der Waals surface area contributed by atoms with Crippen molar-refractivity contribution in [3.8, 4) is 11.3 Å². The van der Waals surface area contributed by atoms with Crippen LogP contribution in [0.2, 0.25) is 0 Å². The van der Waals surface area contributed by atoms with Crippen LogP contribution in [-0.2, 0) is 6.42 Å². The molecular weight excluding hydrogens is 374 g/mol. The Balaban J connectivity index is 1.69. The van der Waals surface area contributed by atoms with Gasteiger partial charge in [-0.1, -0.05) is 60.7 Å². The van der Waals surface area contributed by atoms with Crippen molar-refractivity contribution in [3.05, 3.63) is 89.2 Å². The lowest BCUT2D eigenvalue weighted by molar-refractivity contribution is -0.0702. The Hall–Kier alpha value is -3.15. The molecule has 4 aromatic rings. The van der Waals surface area contributed by atoms with Crippen LogP contribution in [0.5, 0.6) is 0 Å². The number of aromatic nitrogens is 2. The lowest BCUT2D eigenvalue weighted by Gasteiger charge is -2.39. The molecule has 0 bridgehead atoms. The Bertz CT molecular complexity index is 1220. The highest BCUT2D eigenvalue weighted by Gasteiger charge is 2.42. The SMILES string of the molecule is Cc1nc2c3c(cc(-c4ccccc4)n2c1C)[C@H](O)[C@](O)(Cc1ccccc1)CN3. The van der Waals surface area contributed by atoms with Crippen molar-refractivity contribution in [1.82, 2.24) is 9.38 Å². The van der Waals surface area contributed by atoms with Crippen LogP contribution >= 0.6 is 0 Å². The van der Waals surface area contributed by atoms with Gasteiger partial charge >= 0.3 is 0 Å². The second kappa shape index (κ2) is 6.97. The van der Waals surface area contributed by atoms with E-state index in [1.54, 1.807) is 0 Å². The molecule has 2 atom stereocenters. The van der Waals surface area contributed by atoms with E-state index in [4.69, 9.17) is 4.98 Å². The standard InChI is InChI=1S/C25H25N3O2/c1-16-17(2)28-21(19-11-7-4-8-12-19)13-20-22(24(28)27-16)26-15-25(30,23(20)29)14-18-9-5-3-6-10-18/h3-13,23,26,29-30H,14-15H2,1-2H3/t23-,25-/m0/s1. The fraction of sp³-hybridized carbons (Fsp3) is 0.240. The number of hydrogen-bond donors (Lipinski definition) is 3. The summed E-state index contributed by atoms with van der Waals surface area (Å²) >= 11 is 0. The number of β-amino-alcohol motifs (C(OH)–C–C–N with tert-alkyl or cyclic N) is 1. The number of hydrogen-bond acceptors (Lipinski definition) is 4.